The van der Waals surface area contributed by atoms with Crippen LogP contribution in [-0.4, -0.2) is 30.4 Å². The number of aldehydes is 1. The Balaban J connectivity index is 1.84. The second kappa shape index (κ2) is 5.71. The van der Waals surface area contributed by atoms with E-state index in [1.807, 2.05) is 0 Å². The predicted molar refractivity (Wildman–Crippen MR) is 71.5 cm³/mol. The lowest BCUT2D eigenvalue weighted by Crippen LogP contribution is -2.30. The van der Waals surface area contributed by atoms with E-state index in [2.05, 4.69) is 0 Å². The molecule has 2 unspecified atom stereocenters. The van der Waals surface area contributed by atoms with Crippen LogP contribution in [0.3, 0.4) is 0 Å². The van der Waals surface area contributed by atoms with Gasteiger partial charge in [0.25, 0.3) is 0 Å². The molecule has 0 aromatic heterocycles. The number of hydrogen-bond donors (Lipinski definition) is 1. The highest BCUT2D eigenvalue weighted by atomic mass is 16.7. The number of carbonyl (C=O) groups excluding carboxylic acids is 1. The van der Waals surface area contributed by atoms with E-state index >= 15 is 0 Å². The molecule has 1 aromatic carbocycles. The summed E-state index contributed by atoms with van der Waals surface area (Å²) in [6.45, 7) is 0.156. The Labute approximate surface area is 117 Å². The monoisotopic (exact) mass is 278 g/mol. The van der Waals surface area contributed by atoms with E-state index in [1.165, 1.54) is 0 Å². The van der Waals surface area contributed by atoms with Gasteiger partial charge in [-0.2, -0.15) is 0 Å². The lowest BCUT2D eigenvalue weighted by molar-refractivity contribution is 0.0314. The van der Waals surface area contributed by atoms with Crippen LogP contribution >= 0.6 is 0 Å². The van der Waals surface area contributed by atoms with E-state index in [1.54, 1.807) is 12.1 Å². The fourth-order valence-electron chi connectivity index (χ4n) is 2.69. The summed E-state index contributed by atoms with van der Waals surface area (Å²) >= 11 is 0. The fraction of sp³-hybridized carbons (Fsp3) is 0.533. The van der Waals surface area contributed by atoms with Gasteiger partial charge in [0.05, 0.1) is 11.7 Å². The first kappa shape index (κ1) is 13.2. The van der Waals surface area contributed by atoms with Crippen LogP contribution in [0.2, 0.25) is 0 Å². The molecule has 1 aromatic rings. The van der Waals surface area contributed by atoms with Gasteiger partial charge in [0, 0.05) is 6.07 Å². The van der Waals surface area contributed by atoms with Gasteiger partial charge < -0.3 is 19.3 Å². The van der Waals surface area contributed by atoms with Crippen molar-refractivity contribution in [2.24, 2.45) is 0 Å². The zero-order chi connectivity index (χ0) is 13.9. The Hall–Kier alpha value is -1.75. The molecule has 0 bridgehead atoms. The van der Waals surface area contributed by atoms with Gasteiger partial charge in [-0.15, -0.1) is 0 Å². The molecule has 5 heteroatoms. The molecule has 108 valence electrons. The number of hydrogen-bond acceptors (Lipinski definition) is 5. The normalized spacial score (nSPS) is 25.1. The molecule has 3 rings (SSSR count). The van der Waals surface area contributed by atoms with E-state index in [9.17, 15) is 9.90 Å². The molecule has 2 aliphatic rings. The molecule has 1 fully saturated rings. The minimum atomic E-state index is -0.484. The minimum Gasteiger partial charge on any atom is -0.487 e. The van der Waals surface area contributed by atoms with Crippen LogP contribution in [0.4, 0.5) is 0 Å². The molecule has 0 radical (unpaired) electrons. The van der Waals surface area contributed by atoms with Gasteiger partial charge in [0.15, 0.2) is 17.8 Å². The largest absolute Gasteiger partial charge is 0.487 e. The highest BCUT2D eigenvalue weighted by Gasteiger charge is 2.25. The zero-order valence-corrected chi connectivity index (χ0v) is 11.2. The fourth-order valence-corrected chi connectivity index (χ4v) is 2.69. The number of benzene rings is 1. The van der Waals surface area contributed by atoms with E-state index in [0.29, 0.717) is 22.8 Å². The molecule has 0 amide bonds. The molecular weight excluding hydrogens is 260 g/mol. The Morgan fingerprint density at radius 3 is 2.70 bits per heavy atom. The lowest BCUT2D eigenvalue weighted by Gasteiger charge is -2.23. The average Bonchev–Trinajstić information content (AvgIpc) is 2.82. The van der Waals surface area contributed by atoms with Crippen LogP contribution in [0.5, 0.6) is 17.2 Å². The van der Waals surface area contributed by atoms with Crippen molar-refractivity contribution < 1.29 is 24.1 Å². The summed E-state index contributed by atoms with van der Waals surface area (Å²) in [5.41, 5.74) is 0.422. The van der Waals surface area contributed by atoms with Crippen LogP contribution in [0.25, 0.3) is 0 Å². The second-order valence-electron chi connectivity index (χ2n) is 5.22. The van der Waals surface area contributed by atoms with Gasteiger partial charge in [0.2, 0.25) is 6.79 Å². The first-order valence-corrected chi connectivity index (χ1v) is 7.01. The highest BCUT2D eigenvalue weighted by molar-refractivity contribution is 5.81. The predicted octanol–water partition coefficient (Wildman–Crippen LogP) is 2.30. The summed E-state index contributed by atoms with van der Waals surface area (Å²) in [7, 11) is 0. The molecule has 1 N–H and O–H groups in total. The number of ether oxygens (including phenoxy) is 3. The van der Waals surface area contributed by atoms with Crippen molar-refractivity contribution in [2.45, 2.75) is 44.3 Å². The molecule has 5 nitrogen and oxygen atoms in total. The van der Waals surface area contributed by atoms with Crippen molar-refractivity contribution >= 4 is 6.29 Å². The van der Waals surface area contributed by atoms with Gasteiger partial charge in [0.1, 0.15) is 11.9 Å². The Kier molecular flexibility index (Phi) is 3.78. The van der Waals surface area contributed by atoms with Crippen LogP contribution in [0.1, 0.15) is 42.5 Å². The number of fused-ring (bicyclic) bond motifs is 1. The number of rotatable bonds is 3. The molecule has 1 heterocycles. The molecule has 0 spiro atoms. The number of carbonyl (C=O) groups is 1. The smallest absolute Gasteiger partial charge is 0.231 e. The molecule has 2 atom stereocenters. The molecule has 20 heavy (non-hydrogen) atoms. The Morgan fingerprint density at radius 1 is 1.15 bits per heavy atom. The molecule has 1 saturated carbocycles. The van der Waals surface area contributed by atoms with Crippen molar-refractivity contribution in [3.05, 3.63) is 17.7 Å². The third-order valence-corrected chi connectivity index (χ3v) is 3.83. The minimum absolute atomic E-state index is 0.156. The standard InChI is InChI=1S/C15H18O5/c16-8-10-6-14-15(19-9-18-14)7-13(10)20-12-5-3-1-2-4-11(12)17/h6-8,11-12,17H,1-5,9H2. The SMILES string of the molecule is O=Cc1cc2c(cc1OC1CCCCCC1O)OCO2. The van der Waals surface area contributed by atoms with Crippen molar-refractivity contribution in [3.8, 4) is 17.2 Å². The Bertz CT molecular complexity index is 499. The molecule has 1 aliphatic heterocycles. The number of aliphatic hydroxyl groups excluding tert-OH is 1. The van der Waals surface area contributed by atoms with Crippen LogP contribution < -0.4 is 14.2 Å². The highest BCUT2D eigenvalue weighted by Crippen LogP contribution is 2.38. The van der Waals surface area contributed by atoms with E-state index in [0.717, 1.165) is 38.4 Å². The maximum Gasteiger partial charge on any atom is 0.231 e. The van der Waals surface area contributed by atoms with E-state index in [4.69, 9.17) is 14.2 Å². The quantitative estimate of drug-likeness (QED) is 0.679. The maximum atomic E-state index is 11.2. The molecule has 1 aliphatic carbocycles. The zero-order valence-electron chi connectivity index (χ0n) is 11.2. The van der Waals surface area contributed by atoms with Crippen molar-refractivity contribution in [1.82, 2.24) is 0 Å². The second-order valence-corrected chi connectivity index (χ2v) is 5.22. The van der Waals surface area contributed by atoms with Gasteiger partial charge in [-0.25, -0.2) is 0 Å². The summed E-state index contributed by atoms with van der Waals surface area (Å²) in [5.74, 6) is 1.59. The van der Waals surface area contributed by atoms with Gasteiger partial charge in [-0.3, -0.25) is 4.79 Å². The molecular formula is C15H18O5. The third kappa shape index (κ3) is 2.58. The first-order chi connectivity index (χ1) is 9.78. The average molecular weight is 278 g/mol. The lowest BCUT2D eigenvalue weighted by atomic mass is 10.1. The third-order valence-electron chi connectivity index (χ3n) is 3.83. The topological polar surface area (TPSA) is 65.0 Å². The van der Waals surface area contributed by atoms with Gasteiger partial charge in [-0.05, 0) is 25.3 Å². The summed E-state index contributed by atoms with van der Waals surface area (Å²) < 4.78 is 16.4. The Morgan fingerprint density at radius 2 is 1.90 bits per heavy atom. The maximum absolute atomic E-state index is 11.2. The van der Waals surface area contributed by atoms with Crippen LogP contribution in [-0.2, 0) is 0 Å². The van der Waals surface area contributed by atoms with Crippen molar-refractivity contribution in [3.63, 3.8) is 0 Å². The van der Waals surface area contributed by atoms with Crippen molar-refractivity contribution in [2.75, 3.05) is 6.79 Å². The summed E-state index contributed by atoms with van der Waals surface area (Å²) in [6, 6.07) is 3.29. The number of aliphatic hydroxyl groups is 1. The summed E-state index contributed by atoms with van der Waals surface area (Å²) in [5, 5.41) is 10.1. The van der Waals surface area contributed by atoms with Gasteiger partial charge >= 0.3 is 0 Å². The van der Waals surface area contributed by atoms with Gasteiger partial charge in [-0.1, -0.05) is 12.8 Å². The first-order valence-electron chi connectivity index (χ1n) is 7.01. The molecule has 0 saturated heterocycles. The summed E-state index contributed by atoms with van der Waals surface area (Å²) in [4.78, 5) is 11.2. The van der Waals surface area contributed by atoms with E-state index in [-0.39, 0.29) is 12.9 Å². The summed E-state index contributed by atoms with van der Waals surface area (Å²) in [6.07, 6.45) is 4.68. The van der Waals surface area contributed by atoms with Crippen LogP contribution in [0.15, 0.2) is 12.1 Å². The van der Waals surface area contributed by atoms with E-state index < -0.39 is 6.10 Å². The van der Waals surface area contributed by atoms with Crippen molar-refractivity contribution in [1.29, 1.82) is 0 Å². The van der Waals surface area contributed by atoms with Crippen LogP contribution in [0, 0.1) is 0 Å².